The van der Waals surface area contributed by atoms with E-state index in [0.717, 1.165) is 22.5 Å². The minimum atomic E-state index is -4.33. The van der Waals surface area contributed by atoms with Crippen molar-refractivity contribution in [2.24, 2.45) is 5.73 Å². The van der Waals surface area contributed by atoms with Gasteiger partial charge in [-0.15, -0.1) is 21.5 Å². The average Bonchev–Trinajstić information content (AvgIpc) is 3.54. The van der Waals surface area contributed by atoms with Crippen LogP contribution in [0.25, 0.3) is 16.0 Å². The van der Waals surface area contributed by atoms with Crippen molar-refractivity contribution in [1.29, 1.82) is 0 Å². The summed E-state index contributed by atoms with van der Waals surface area (Å²) in [6.07, 6.45) is 0.487. The fourth-order valence-corrected chi connectivity index (χ4v) is 6.92. The zero-order valence-corrected chi connectivity index (χ0v) is 23.8. The van der Waals surface area contributed by atoms with Crippen molar-refractivity contribution in [3.63, 3.8) is 0 Å². The second-order valence-corrected chi connectivity index (χ2v) is 12.2. The highest BCUT2D eigenvalue weighted by Crippen LogP contribution is 2.30. The molecular formula is C27H26N6O6S2. The molecular weight excluding hydrogens is 568 g/mol. The fourth-order valence-electron chi connectivity index (χ4n) is 4.52. The first kappa shape index (κ1) is 28.0. The molecule has 5 rings (SSSR count). The molecule has 0 atom stereocenters. The van der Waals surface area contributed by atoms with Crippen LogP contribution >= 0.6 is 11.3 Å². The minimum absolute atomic E-state index is 0.0397. The number of amides is 2. The third-order valence-electron chi connectivity index (χ3n) is 6.55. The molecule has 0 aliphatic carbocycles. The van der Waals surface area contributed by atoms with Crippen molar-refractivity contribution in [2.75, 3.05) is 19.4 Å². The van der Waals surface area contributed by atoms with Crippen LogP contribution in [0.3, 0.4) is 0 Å². The number of nitrogens with zero attached hydrogens (tertiary/aromatic N) is 4. The Hall–Kier alpha value is -4.56. The van der Waals surface area contributed by atoms with Gasteiger partial charge in [0.25, 0.3) is 16.6 Å². The number of carbonyl (C=O) groups is 2. The lowest BCUT2D eigenvalue weighted by Crippen LogP contribution is -2.32. The summed E-state index contributed by atoms with van der Waals surface area (Å²) in [4.78, 5) is 38.7. The highest BCUT2D eigenvalue weighted by atomic mass is 32.2. The SMILES string of the molecule is COc1ccc(CCNC(=O)CS(=O)(=O)c2nnc3n(Cc4ccccc4)c(=O)c4c(C)c(C(N)=O)sc4n23)cc1. The molecule has 0 unspecified atom stereocenters. The number of nitrogens with one attached hydrogen (secondary N) is 1. The molecule has 14 heteroatoms. The molecule has 2 aromatic carbocycles. The van der Waals surface area contributed by atoms with Crippen molar-refractivity contribution in [3.05, 3.63) is 86.5 Å². The first-order valence-corrected chi connectivity index (χ1v) is 14.9. The van der Waals surface area contributed by atoms with E-state index >= 15 is 0 Å². The van der Waals surface area contributed by atoms with Gasteiger partial charge in [-0.1, -0.05) is 42.5 Å². The van der Waals surface area contributed by atoms with Crippen LogP contribution in [0.4, 0.5) is 0 Å². The van der Waals surface area contributed by atoms with Gasteiger partial charge in [0.15, 0.2) is 0 Å². The molecule has 0 saturated carbocycles. The van der Waals surface area contributed by atoms with Crippen LogP contribution in [-0.4, -0.2) is 58.8 Å². The van der Waals surface area contributed by atoms with E-state index in [9.17, 15) is 22.8 Å². The van der Waals surface area contributed by atoms with Gasteiger partial charge in [0.1, 0.15) is 16.3 Å². The molecule has 0 spiro atoms. The number of nitrogens with two attached hydrogens (primary N) is 1. The third kappa shape index (κ3) is 5.43. The standard InChI is InChI=1S/C27H26N6O6S2/c1-16-21-24(36)32(14-18-6-4-3-5-7-18)26-30-31-27(33(26)25(21)40-22(16)23(28)35)41(37,38)15-20(34)29-13-12-17-8-10-19(39-2)11-9-17/h3-11H,12-15H2,1-2H3,(H2,28,35)(H,29,34). The van der Waals surface area contributed by atoms with Gasteiger partial charge in [0, 0.05) is 6.54 Å². The number of rotatable bonds is 10. The zero-order valence-electron chi connectivity index (χ0n) is 22.2. The van der Waals surface area contributed by atoms with E-state index in [1.54, 1.807) is 26.2 Å². The summed E-state index contributed by atoms with van der Waals surface area (Å²) in [6, 6.07) is 16.4. The summed E-state index contributed by atoms with van der Waals surface area (Å²) in [6.45, 7) is 1.87. The van der Waals surface area contributed by atoms with Gasteiger partial charge < -0.3 is 15.8 Å². The van der Waals surface area contributed by atoms with Crippen molar-refractivity contribution >= 4 is 49.0 Å². The number of aryl methyl sites for hydroxylation is 1. The molecule has 0 fully saturated rings. The fraction of sp³-hybridized carbons (Fsp3) is 0.222. The number of sulfone groups is 1. The van der Waals surface area contributed by atoms with Gasteiger partial charge in [-0.3, -0.25) is 19.0 Å². The quantitative estimate of drug-likeness (QED) is 0.246. The molecule has 41 heavy (non-hydrogen) atoms. The van der Waals surface area contributed by atoms with E-state index in [-0.39, 0.29) is 34.0 Å². The number of aromatic nitrogens is 4. The van der Waals surface area contributed by atoms with E-state index in [1.807, 2.05) is 42.5 Å². The molecule has 212 valence electrons. The number of carbonyl (C=O) groups excluding carboxylic acids is 2. The lowest BCUT2D eigenvalue weighted by atomic mass is 10.1. The molecule has 0 aliphatic rings. The number of ether oxygens (including phenoxy) is 1. The molecule has 3 N–H and O–H groups in total. The molecule has 0 aliphatic heterocycles. The summed E-state index contributed by atoms with van der Waals surface area (Å²) in [5, 5.41) is 10.2. The molecule has 12 nitrogen and oxygen atoms in total. The molecule has 3 aromatic heterocycles. The van der Waals surface area contributed by atoms with E-state index in [1.165, 1.54) is 8.97 Å². The van der Waals surface area contributed by atoms with Crippen LogP contribution < -0.4 is 21.3 Å². The van der Waals surface area contributed by atoms with E-state index in [4.69, 9.17) is 10.5 Å². The van der Waals surface area contributed by atoms with Crippen LogP contribution in [-0.2, 0) is 27.6 Å². The van der Waals surface area contributed by atoms with Crippen molar-refractivity contribution < 1.29 is 22.7 Å². The van der Waals surface area contributed by atoms with Crippen LogP contribution in [0.15, 0.2) is 64.5 Å². The molecule has 2 amide bonds. The zero-order chi connectivity index (χ0) is 29.3. The van der Waals surface area contributed by atoms with Gasteiger partial charge in [0.2, 0.25) is 21.5 Å². The van der Waals surface area contributed by atoms with Gasteiger partial charge in [0.05, 0.1) is 23.9 Å². The second-order valence-electron chi connectivity index (χ2n) is 9.30. The average molecular weight is 595 g/mol. The van der Waals surface area contributed by atoms with Crippen LogP contribution in [0, 0.1) is 6.92 Å². The van der Waals surface area contributed by atoms with Gasteiger partial charge in [-0.2, -0.15) is 0 Å². The second kappa shape index (κ2) is 11.1. The number of thiophene rings is 1. The molecule has 0 radical (unpaired) electrons. The number of hydrogen-bond donors (Lipinski definition) is 2. The Morgan fingerprint density at radius 2 is 1.76 bits per heavy atom. The highest BCUT2D eigenvalue weighted by molar-refractivity contribution is 7.92. The van der Waals surface area contributed by atoms with Crippen molar-refractivity contribution in [3.8, 4) is 5.75 Å². The summed E-state index contributed by atoms with van der Waals surface area (Å²) in [7, 11) is -2.76. The minimum Gasteiger partial charge on any atom is -0.497 e. The number of methoxy groups -OCH3 is 1. The van der Waals surface area contributed by atoms with Gasteiger partial charge in [-0.25, -0.2) is 12.8 Å². The smallest absolute Gasteiger partial charge is 0.264 e. The van der Waals surface area contributed by atoms with Gasteiger partial charge in [-0.05, 0) is 42.2 Å². The monoisotopic (exact) mass is 594 g/mol. The topological polar surface area (TPSA) is 168 Å². The Morgan fingerprint density at radius 1 is 1.05 bits per heavy atom. The Balaban J connectivity index is 1.50. The predicted molar refractivity (Wildman–Crippen MR) is 153 cm³/mol. The van der Waals surface area contributed by atoms with Gasteiger partial charge >= 0.3 is 0 Å². The Labute approximate surface area is 238 Å². The number of fused-ring (bicyclic) bond motifs is 3. The molecule has 5 aromatic rings. The molecule has 0 saturated heterocycles. The van der Waals surface area contributed by atoms with E-state index < -0.39 is 38.1 Å². The normalized spacial score (nSPS) is 11.7. The Bertz CT molecular complexity index is 1940. The number of benzene rings is 2. The Morgan fingerprint density at radius 3 is 2.41 bits per heavy atom. The van der Waals surface area contributed by atoms with Crippen LogP contribution in [0.1, 0.15) is 26.4 Å². The van der Waals surface area contributed by atoms with Crippen molar-refractivity contribution in [2.45, 2.75) is 25.0 Å². The number of primary amides is 1. The van der Waals surface area contributed by atoms with Crippen LogP contribution in [0.5, 0.6) is 5.75 Å². The lowest BCUT2D eigenvalue weighted by molar-refractivity contribution is -0.118. The Kier molecular flexibility index (Phi) is 7.60. The maximum absolute atomic E-state index is 13.6. The lowest BCUT2D eigenvalue weighted by Gasteiger charge is -2.10. The van der Waals surface area contributed by atoms with Crippen molar-refractivity contribution in [1.82, 2.24) is 24.5 Å². The molecule has 3 heterocycles. The first-order valence-electron chi connectivity index (χ1n) is 12.5. The van der Waals surface area contributed by atoms with E-state index in [2.05, 4.69) is 15.5 Å². The molecule has 0 bridgehead atoms. The summed E-state index contributed by atoms with van der Waals surface area (Å²) in [5.74, 6) is -1.69. The maximum Gasteiger partial charge on any atom is 0.264 e. The van der Waals surface area contributed by atoms with Crippen LogP contribution in [0.2, 0.25) is 0 Å². The summed E-state index contributed by atoms with van der Waals surface area (Å²) < 4.78 is 34.6. The number of hydrogen-bond acceptors (Lipinski definition) is 9. The first-order chi connectivity index (χ1) is 19.6. The summed E-state index contributed by atoms with van der Waals surface area (Å²) in [5.41, 5.74) is 7.12. The van der Waals surface area contributed by atoms with E-state index in [0.29, 0.717) is 17.7 Å². The highest BCUT2D eigenvalue weighted by Gasteiger charge is 2.30. The maximum atomic E-state index is 13.6. The predicted octanol–water partition coefficient (Wildman–Crippen LogP) is 1.70. The summed E-state index contributed by atoms with van der Waals surface area (Å²) >= 11 is 0.880. The third-order valence-corrected chi connectivity index (χ3v) is 9.30. The largest absolute Gasteiger partial charge is 0.497 e.